The molecule has 2 rings (SSSR count). The predicted molar refractivity (Wildman–Crippen MR) is 102 cm³/mol. The topological polar surface area (TPSA) is 50.4 Å². The monoisotopic (exact) mass is 340 g/mol. The molecular weight excluding hydrogens is 312 g/mol. The molecule has 25 heavy (non-hydrogen) atoms. The van der Waals surface area contributed by atoms with Crippen LogP contribution < -0.4 is 15.4 Å². The number of nitrogens with one attached hydrogen (secondary N) is 2. The first-order valence-corrected chi connectivity index (χ1v) is 8.64. The van der Waals surface area contributed by atoms with Crippen molar-refractivity contribution in [1.29, 1.82) is 0 Å². The van der Waals surface area contributed by atoms with Crippen LogP contribution in [0.25, 0.3) is 0 Å². The van der Waals surface area contributed by atoms with Gasteiger partial charge in [0.15, 0.2) is 6.61 Å². The maximum absolute atomic E-state index is 11.8. The number of rotatable bonds is 7. The van der Waals surface area contributed by atoms with Crippen LogP contribution in [0.3, 0.4) is 0 Å². The molecule has 0 aliphatic carbocycles. The van der Waals surface area contributed by atoms with Crippen LogP contribution in [-0.2, 0) is 11.3 Å². The first-order chi connectivity index (χ1) is 11.8. The second-order valence-electron chi connectivity index (χ2n) is 7.24. The van der Waals surface area contributed by atoms with Crippen molar-refractivity contribution in [3.8, 4) is 5.75 Å². The van der Waals surface area contributed by atoms with E-state index in [2.05, 4.69) is 41.8 Å². The van der Waals surface area contributed by atoms with E-state index in [0.29, 0.717) is 11.8 Å². The molecule has 4 heteroatoms. The smallest absolute Gasteiger partial charge is 0.258 e. The molecule has 4 nitrogen and oxygen atoms in total. The average Bonchev–Trinajstić information content (AvgIpc) is 2.58. The quantitative estimate of drug-likeness (QED) is 0.805. The van der Waals surface area contributed by atoms with Crippen LogP contribution in [0.2, 0.25) is 0 Å². The van der Waals surface area contributed by atoms with Crippen molar-refractivity contribution in [2.24, 2.45) is 0 Å². The largest absolute Gasteiger partial charge is 0.484 e. The SMILES string of the molecule is CC(NCc1ccc(OCC(=O)NC(C)(C)C)cc1)c1ccccc1. The van der Waals surface area contributed by atoms with Crippen molar-refractivity contribution in [2.75, 3.05) is 6.61 Å². The molecule has 0 saturated carbocycles. The average molecular weight is 340 g/mol. The van der Waals surface area contributed by atoms with Gasteiger partial charge in [0, 0.05) is 18.1 Å². The van der Waals surface area contributed by atoms with E-state index in [9.17, 15) is 4.79 Å². The summed E-state index contributed by atoms with van der Waals surface area (Å²) in [5.74, 6) is 0.582. The highest BCUT2D eigenvalue weighted by Gasteiger charge is 2.13. The van der Waals surface area contributed by atoms with Gasteiger partial charge in [0.05, 0.1) is 0 Å². The van der Waals surface area contributed by atoms with Gasteiger partial charge in [-0.1, -0.05) is 42.5 Å². The first kappa shape index (κ1) is 19.0. The lowest BCUT2D eigenvalue weighted by Gasteiger charge is -2.20. The second kappa shape index (κ2) is 8.67. The van der Waals surface area contributed by atoms with Gasteiger partial charge in [0.1, 0.15) is 5.75 Å². The lowest BCUT2D eigenvalue weighted by Crippen LogP contribution is -2.43. The van der Waals surface area contributed by atoms with Gasteiger partial charge in [-0.15, -0.1) is 0 Å². The van der Waals surface area contributed by atoms with Gasteiger partial charge >= 0.3 is 0 Å². The maximum atomic E-state index is 11.8. The lowest BCUT2D eigenvalue weighted by molar-refractivity contribution is -0.124. The maximum Gasteiger partial charge on any atom is 0.258 e. The molecule has 0 aliphatic rings. The summed E-state index contributed by atoms with van der Waals surface area (Å²) in [5, 5.41) is 6.38. The Morgan fingerprint density at radius 2 is 1.68 bits per heavy atom. The number of ether oxygens (including phenoxy) is 1. The Hall–Kier alpha value is -2.33. The molecule has 1 amide bonds. The molecule has 0 saturated heterocycles. The fraction of sp³-hybridized carbons (Fsp3) is 0.381. The highest BCUT2D eigenvalue weighted by atomic mass is 16.5. The number of hydrogen-bond acceptors (Lipinski definition) is 3. The van der Waals surface area contributed by atoms with Crippen molar-refractivity contribution < 1.29 is 9.53 Å². The summed E-state index contributed by atoms with van der Waals surface area (Å²) in [4.78, 5) is 11.8. The lowest BCUT2D eigenvalue weighted by atomic mass is 10.1. The van der Waals surface area contributed by atoms with Crippen LogP contribution in [0, 0.1) is 0 Å². The Morgan fingerprint density at radius 1 is 1.04 bits per heavy atom. The first-order valence-electron chi connectivity index (χ1n) is 8.64. The predicted octanol–water partition coefficient (Wildman–Crippen LogP) is 3.83. The molecule has 0 bridgehead atoms. The summed E-state index contributed by atoms with van der Waals surface area (Å²) in [6, 6.07) is 18.5. The van der Waals surface area contributed by atoms with E-state index in [4.69, 9.17) is 4.74 Å². The Kier molecular flexibility index (Phi) is 6.59. The van der Waals surface area contributed by atoms with Gasteiger partial charge in [-0.2, -0.15) is 0 Å². The molecule has 0 aliphatic heterocycles. The second-order valence-corrected chi connectivity index (χ2v) is 7.24. The van der Waals surface area contributed by atoms with E-state index >= 15 is 0 Å². The zero-order valence-electron chi connectivity index (χ0n) is 15.5. The van der Waals surface area contributed by atoms with Crippen molar-refractivity contribution in [3.05, 3.63) is 65.7 Å². The van der Waals surface area contributed by atoms with E-state index in [1.165, 1.54) is 11.1 Å². The van der Waals surface area contributed by atoms with Crippen LogP contribution in [0.4, 0.5) is 0 Å². The molecule has 0 spiro atoms. The molecule has 0 aromatic heterocycles. The van der Waals surface area contributed by atoms with E-state index in [1.807, 2.05) is 51.1 Å². The fourth-order valence-corrected chi connectivity index (χ4v) is 2.44. The number of benzene rings is 2. The van der Waals surface area contributed by atoms with Crippen molar-refractivity contribution >= 4 is 5.91 Å². The van der Waals surface area contributed by atoms with Gasteiger partial charge in [0.25, 0.3) is 5.91 Å². The normalized spacial score (nSPS) is 12.5. The molecule has 2 N–H and O–H groups in total. The summed E-state index contributed by atoms with van der Waals surface area (Å²) in [6.07, 6.45) is 0. The number of carbonyl (C=O) groups excluding carboxylic acids is 1. The standard InChI is InChI=1S/C21H28N2O2/c1-16(18-8-6-5-7-9-18)22-14-17-10-12-19(13-11-17)25-15-20(24)23-21(2,3)4/h5-13,16,22H,14-15H2,1-4H3,(H,23,24). The zero-order chi connectivity index (χ0) is 18.3. The third kappa shape index (κ3) is 6.98. The van der Waals surface area contributed by atoms with Gasteiger partial charge in [-0.25, -0.2) is 0 Å². The minimum Gasteiger partial charge on any atom is -0.484 e. The van der Waals surface area contributed by atoms with Crippen LogP contribution in [0.5, 0.6) is 5.75 Å². The van der Waals surface area contributed by atoms with Crippen LogP contribution in [0.15, 0.2) is 54.6 Å². The van der Waals surface area contributed by atoms with Crippen molar-refractivity contribution in [1.82, 2.24) is 10.6 Å². The van der Waals surface area contributed by atoms with Crippen molar-refractivity contribution in [2.45, 2.75) is 45.8 Å². The third-order valence-corrected chi connectivity index (χ3v) is 3.72. The Labute approximate surface area is 150 Å². The molecule has 2 aromatic rings. The Bertz CT molecular complexity index is 661. The minimum absolute atomic E-state index is 0.0277. The number of hydrogen-bond donors (Lipinski definition) is 2. The number of amides is 1. The third-order valence-electron chi connectivity index (χ3n) is 3.72. The van der Waals surface area contributed by atoms with Crippen LogP contribution >= 0.6 is 0 Å². The fourth-order valence-electron chi connectivity index (χ4n) is 2.44. The highest BCUT2D eigenvalue weighted by molar-refractivity contribution is 5.78. The van der Waals surface area contributed by atoms with Crippen LogP contribution in [0.1, 0.15) is 44.9 Å². The van der Waals surface area contributed by atoms with Gasteiger partial charge < -0.3 is 15.4 Å². The molecule has 1 unspecified atom stereocenters. The molecule has 0 heterocycles. The molecular formula is C21H28N2O2. The number of carbonyl (C=O) groups is 1. The molecule has 2 aromatic carbocycles. The molecule has 134 valence electrons. The van der Waals surface area contributed by atoms with E-state index in [1.54, 1.807) is 0 Å². The molecule has 0 radical (unpaired) electrons. The van der Waals surface area contributed by atoms with E-state index in [-0.39, 0.29) is 18.1 Å². The Morgan fingerprint density at radius 3 is 2.28 bits per heavy atom. The van der Waals surface area contributed by atoms with E-state index < -0.39 is 0 Å². The summed E-state index contributed by atoms with van der Waals surface area (Å²) in [7, 11) is 0. The molecule has 0 fully saturated rings. The summed E-state index contributed by atoms with van der Waals surface area (Å²) < 4.78 is 5.53. The van der Waals surface area contributed by atoms with Crippen molar-refractivity contribution in [3.63, 3.8) is 0 Å². The summed E-state index contributed by atoms with van der Waals surface area (Å²) in [6.45, 7) is 8.80. The highest BCUT2D eigenvalue weighted by Crippen LogP contribution is 2.15. The summed E-state index contributed by atoms with van der Waals surface area (Å²) >= 11 is 0. The Balaban J connectivity index is 1.79. The zero-order valence-corrected chi connectivity index (χ0v) is 15.5. The van der Waals surface area contributed by atoms with Crippen LogP contribution in [-0.4, -0.2) is 18.1 Å². The van der Waals surface area contributed by atoms with Gasteiger partial charge in [-0.3, -0.25) is 4.79 Å². The van der Waals surface area contributed by atoms with Gasteiger partial charge in [0.2, 0.25) is 0 Å². The van der Waals surface area contributed by atoms with E-state index in [0.717, 1.165) is 6.54 Å². The molecule has 1 atom stereocenters. The van der Waals surface area contributed by atoms with Gasteiger partial charge in [-0.05, 0) is 51.0 Å². The minimum atomic E-state index is -0.245. The summed E-state index contributed by atoms with van der Waals surface area (Å²) in [5.41, 5.74) is 2.20.